The maximum atomic E-state index is 5.24. The molecule has 0 fully saturated rings. The van der Waals surface area contributed by atoms with E-state index in [1.54, 1.807) is 20.4 Å². The fourth-order valence-corrected chi connectivity index (χ4v) is 1.53. The highest BCUT2D eigenvalue weighted by Crippen LogP contribution is 2.28. The van der Waals surface area contributed by atoms with Crippen molar-refractivity contribution in [3.05, 3.63) is 35.6 Å². The zero-order valence-corrected chi connectivity index (χ0v) is 11.1. The summed E-state index contributed by atoms with van der Waals surface area (Å²) >= 11 is 0. The second-order valence-electron chi connectivity index (χ2n) is 3.90. The Morgan fingerprint density at radius 1 is 1.24 bits per heavy atom. The van der Waals surface area contributed by atoms with Crippen LogP contribution in [0.5, 0.6) is 11.6 Å². The van der Waals surface area contributed by atoms with E-state index in [0.717, 1.165) is 11.1 Å². The minimum Gasteiger partial charge on any atom is -0.491 e. The molecule has 0 amide bonds. The summed E-state index contributed by atoms with van der Waals surface area (Å²) in [6.07, 6.45) is 5.95. The van der Waals surface area contributed by atoms with Gasteiger partial charge in [0, 0.05) is 11.8 Å². The number of hydrogen-bond acceptors (Lipinski definition) is 3. The molecule has 0 aliphatic rings. The van der Waals surface area contributed by atoms with E-state index in [1.165, 1.54) is 5.57 Å². The first kappa shape index (κ1) is 13.3. The third-order valence-corrected chi connectivity index (χ3v) is 2.32. The van der Waals surface area contributed by atoms with Gasteiger partial charge in [0.15, 0.2) is 5.75 Å². The molecule has 17 heavy (non-hydrogen) atoms. The van der Waals surface area contributed by atoms with Gasteiger partial charge in [-0.15, -0.1) is 0 Å². The number of pyridine rings is 1. The van der Waals surface area contributed by atoms with E-state index in [0.29, 0.717) is 11.6 Å². The van der Waals surface area contributed by atoms with Crippen LogP contribution in [-0.4, -0.2) is 19.2 Å². The van der Waals surface area contributed by atoms with E-state index in [4.69, 9.17) is 9.47 Å². The molecule has 0 bridgehead atoms. The second-order valence-corrected chi connectivity index (χ2v) is 3.90. The molecule has 0 aliphatic heterocycles. The lowest BCUT2D eigenvalue weighted by molar-refractivity contribution is 0.343. The highest BCUT2D eigenvalue weighted by molar-refractivity contribution is 5.74. The Labute approximate surface area is 103 Å². The Hall–Kier alpha value is -1.77. The Bertz CT molecular complexity index is 444. The van der Waals surface area contributed by atoms with Crippen LogP contribution >= 0.6 is 0 Å². The molecule has 0 aromatic carbocycles. The van der Waals surface area contributed by atoms with Crippen molar-refractivity contribution in [3.8, 4) is 11.6 Å². The van der Waals surface area contributed by atoms with Gasteiger partial charge in [-0.3, -0.25) is 0 Å². The summed E-state index contributed by atoms with van der Waals surface area (Å²) < 4.78 is 10.4. The number of ether oxygens (including phenoxy) is 2. The van der Waals surface area contributed by atoms with Gasteiger partial charge in [-0.2, -0.15) is 0 Å². The van der Waals surface area contributed by atoms with Crippen molar-refractivity contribution in [1.82, 2.24) is 4.98 Å². The standard InChI is InChI=1S/C14H19NO2/c1-6-11(7-10(2)3)12-8-13(16-4)14(17-5)15-9-12/h6-9H,1-5H3/b11-6+. The van der Waals surface area contributed by atoms with E-state index < -0.39 is 0 Å². The van der Waals surface area contributed by atoms with Gasteiger partial charge >= 0.3 is 0 Å². The van der Waals surface area contributed by atoms with Crippen molar-refractivity contribution in [2.45, 2.75) is 20.8 Å². The van der Waals surface area contributed by atoms with Crippen LogP contribution in [0, 0.1) is 0 Å². The van der Waals surface area contributed by atoms with Crippen molar-refractivity contribution in [2.75, 3.05) is 14.2 Å². The van der Waals surface area contributed by atoms with E-state index >= 15 is 0 Å². The Morgan fingerprint density at radius 2 is 1.94 bits per heavy atom. The van der Waals surface area contributed by atoms with Crippen LogP contribution in [0.2, 0.25) is 0 Å². The molecule has 0 aliphatic carbocycles. The highest BCUT2D eigenvalue weighted by Gasteiger charge is 2.07. The summed E-state index contributed by atoms with van der Waals surface area (Å²) in [5, 5.41) is 0. The van der Waals surface area contributed by atoms with Crippen LogP contribution in [0.1, 0.15) is 26.3 Å². The van der Waals surface area contributed by atoms with Gasteiger partial charge in [0.05, 0.1) is 14.2 Å². The van der Waals surface area contributed by atoms with Crippen LogP contribution in [-0.2, 0) is 0 Å². The van der Waals surface area contributed by atoms with E-state index in [2.05, 4.69) is 31.0 Å². The molecule has 0 spiro atoms. The lowest BCUT2D eigenvalue weighted by atomic mass is 10.1. The monoisotopic (exact) mass is 233 g/mol. The van der Waals surface area contributed by atoms with Crippen molar-refractivity contribution >= 4 is 5.57 Å². The van der Waals surface area contributed by atoms with E-state index in [1.807, 2.05) is 13.0 Å². The topological polar surface area (TPSA) is 31.4 Å². The molecule has 0 radical (unpaired) electrons. The number of aromatic nitrogens is 1. The molecule has 1 heterocycles. The largest absolute Gasteiger partial charge is 0.491 e. The summed E-state index contributed by atoms with van der Waals surface area (Å²) in [5.41, 5.74) is 3.39. The summed E-state index contributed by atoms with van der Waals surface area (Å²) in [5.74, 6) is 1.15. The van der Waals surface area contributed by atoms with E-state index in [-0.39, 0.29) is 0 Å². The Balaban J connectivity index is 3.19. The van der Waals surface area contributed by atoms with Crippen LogP contribution in [0.25, 0.3) is 5.57 Å². The number of methoxy groups -OCH3 is 2. The molecule has 3 heteroatoms. The quantitative estimate of drug-likeness (QED) is 0.746. The SMILES string of the molecule is C/C=C(\C=C(C)C)c1cnc(OC)c(OC)c1. The van der Waals surface area contributed by atoms with Crippen LogP contribution in [0.4, 0.5) is 0 Å². The fourth-order valence-electron chi connectivity index (χ4n) is 1.53. The smallest absolute Gasteiger partial charge is 0.256 e. The van der Waals surface area contributed by atoms with Gasteiger partial charge in [-0.25, -0.2) is 4.98 Å². The van der Waals surface area contributed by atoms with Crippen molar-refractivity contribution in [3.63, 3.8) is 0 Å². The predicted molar refractivity (Wildman–Crippen MR) is 70.4 cm³/mol. The summed E-state index contributed by atoms with van der Waals surface area (Å²) in [6.45, 7) is 6.14. The maximum absolute atomic E-state index is 5.24. The minimum absolute atomic E-state index is 0.504. The molecule has 1 aromatic rings. The third-order valence-electron chi connectivity index (χ3n) is 2.32. The summed E-state index contributed by atoms with van der Waals surface area (Å²) in [6, 6.07) is 1.93. The number of hydrogen-bond donors (Lipinski definition) is 0. The predicted octanol–water partition coefficient (Wildman–Crippen LogP) is 3.47. The van der Waals surface area contributed by atoms with Gasteiger partial charge in [0.2, 0.25) is 0 Å². The van der Waals surface area contributed by atoms with Crippen LogP contribution < -0.4 is 9.47 Å². The number of allylic oxidation sites excluding steroid dienone is 4. The molecule has 92 valence electrons. The van der Waals surface area contributed by atoms with Crippen molar-refractivity contribution in [1.29, 1.82) is 0 Å². The van der Waals surface area contributed by atoms with E-state index in [9.17, 15) is 0 Å². The Morgan fingerprint density at radius 3 is 2.41 bits per heavy atom. The maximum Gasteiger partial charge on any atom is 0.256 e. The number of nitrogens with zero attached hydrogens (tertiary/aromatic N) is 1. The van der Waals surface area contributed by atoms with Crippen LogP contribution in [0.3, 0.4) is 0 Å². The third kappa shape index (κ3) is 3.34. The molecule has 0 unspecified atom stereocenters. The molecule has 1 rings (SSSR count). The van der Waals surface area contributed by atoms with Gasteiger partial charge in [0.25, 0.3) is 5.88 Å². The van der Waals surface area contributed by atoms with Gasteiger partial charge in [-0.1, -0.05) is 17.7 Å². The highest BCUT2D eigenvalue weighted by atomic mass is 16.5. The average molecular weight is 233 g/mol. The average Bonchev–Trinajstić information content (AvgIpc) is 2.34. The molecule has 0 N–H and O–H groups in total. The molecule has 0 atom stereocenters. The minimum atomic E-state index is 0.504. The Kier molecular flexibility index (Phi) is 4.76. The van der Waals surface area contributed by atoms with Gasteiger partial charge < -0.3 is 9.47 Å². The van der Waals surface area contributed by atoms with Crippen molar-refractivity contribution in [2.24, 2.45) is 0 Å². The van der Waals surface area contributed by atoms with Crippen molar-refractivity contribution < 1.29 is 9.47 Å². The summed E-state index contributed by atoms with van der Waals surface area (Å²) in [4.78, 5) is 4.23. The van der Waals surface area contributed by atoms with Crippen LogP contribution in [0.15, 0.2) is 30.0 Å². The molecular formula is C14H19NO2. The molecule has 1 aromatic heterocycles. The first-order valence-electron chi connectivity index (χ1n) is 5.52. The normalized spacial score (nSPS) is 11.0. The van der Waals surface area contributed by atoms with Gasteiger partial charge in [0.1, 0.15) is 0 Å². The second kappa shape index (κ2) is 6.09. The molecule has 0 saturated heterocycles. The van der Waals surface area contributed by atoms with Gasteiger partial charge in [-0.05, 0) is 32.4 Å². The fraction of sp³-hybridized carbons (Fsp3) is 0.357. The zero-order valence-electron chi connectivity index (χ0n) is 11.1. The first-order chi connectivity index (χ1) is 8.12. The first-order valence-corrected chi connectivity index (χ1v) is 5.52. The molecular weight excluding hydrogens is 214 g/mol. The lowest BCUT2D eigenvalue weighted by Crippen LogP contribution is -1.95. The zero-order chi connectivity index (χ0) is 12.8. The molecule has 3 nitrogen and oxygen atoms in total. The summed E-state index contributed by atoms with van der Waals surface area (Å²) in [7, 11) is 3.19. The lowest BCUT2D eigenvalue weighted by Gasteiger charge is -2.09. The number of rotatable bonds is 4. The molecule has 0 saturated carbocycles.